The van der Waals surface area contributed by atoms with E-state index in [1.54, 1.807) is 6.07 Å². The van der Waals surface area contributed by atoms with Crippen LogP contribution in [0, 0.1) is 11.3 Å². The van der Waals surface area contributed by atoms with Crippen LogP contribution in [0.4, 0.5) is 5.13 Å². The predicted octanol–water partition coefficient (Wildman–Crippen LogP) is 3.57. The Bertz CT molecular complexity index is 795. The second-order valence-corrected chi connectivity index (χ2v) is 6.53. The summed E-state index contributed by atoms with van der Waals surface area (Å²) in [6.07, 6.45) is 0. The van der Waals surface area contributed by atoms with E-state index in [0.29, 0.717) is 12.2 Å². The first-order valence-electron chi connectivity index (χ1n) is 6.50. The van der Waals surface area contributed by atoms with Gasteiger partial charge >= 0.3 is 0 Å². The Morgan fingerprint density at radius 3 is 2.77 bits per heavy atom. The van der Waals surface area contributed by atoms with Crippen LogP contribution >= 0.6 is 23.1 Å². The molecule has 0 aliphatic carbocycles. The predicted molar refractivity (Wildman–Crippen MR) is 86.8 cm³/mol. The molecule has 0 atom stereocenters. The fraction of sp³-hybridized carbons (Fsp3) is 0.0667. The molecule has 0 amide bonds. The van der Waals surface area contributed by atoms with Crippen LogP contribution in [0.2, 0.25) is 0 Å². The number of pyridine rings is 1. The van der Waals surface area contributed by atoms with Gasteiger partial charge in [0.05, 0.1) is 0 Å². The summed E-state index contributed by atoms with van der Waals surface area (Å²) >= 11 is 2.87. The standard InChI is InChI=1S/C15H11N5S2/c16-9-12-7-4-8-13(18-12)21-15-20-19-14(22-15)17-10-11-5-2-1-3-6-11/h1-8H,10H2,(H,17,19). The van der Waals surface area contributed by atoms with Gasteiger partial charge in [-0.05, 0) is 29.5 Å². The molecule has 3 aromatic rings. The van der Waals surface area contributed by atoms with Gasteiger partial charge in [-0.1, -0.05) is 47.7 Å². The Morgan fingerprint density at radius 2 is 1.95 bits per heavy atom. The van der Waals surface area contributed by atoms with Gasteiger partial charge in [-0.25, -0.2) is 4.98 Å². The first-order valence-corrected chi connectivity index (χ1v) is 8.13. The van der Waals surface area contributed by atoms with Gasteiger partial charge in [0.1, 0.15) is 16.8 Å². The molecule has 0 bridgehead atoms. The van der Waals surface area contributed by atoms with Crippen molar-refractivity contribution in [2.24, 2.45) is 0 Å². The molecule has 0 aliphatic rings. The summed E-state index contributed by atoms with van der Waals surface area (Å²) in [7, 11) is 0. The number of nitrogens with one attached hydrogen (secondary N) is 1. The Morgan fingerprint density at radius 1 is 1.09 bits per heavy atom. The Hall–Kier alpha value is -2.43. The summed E-state index contributed by atoms with van der Waals surface area (Å²) in [5, 5.41) is 21.8. The number of nitrogens with zero attached hydrogens (tertiary/aromatic N) is 4. The van der Waals surface area contributed by atoms with Crippen LogP contribution in [0.25, 0.3) is 0 Å². The lowest BCUT2D eigenvalue weighted by atomic mass is 10.2. The molecule has 1 aromatic carbocycles. The number of anilines is 1. The summed E-state index contributed by atoms with van der Waals surface area (Å²) < 4.78 is 0.790. The smallest absolute Gasteiger partial charge is 0.206 e. The van der Waals surface area contributed by atoms with Crippen molar-refractivity contribution in [3.8, 4) is 6.07 Å². The molecule has 3 rings (SSSR count). The molecular weight excluding hydrogens is 314 g/mol. The average molecular weight is 325 g/mol. The normalized spacial score (nSPS) is 10.1. The minimum Gasteiger partial charge on any atom is -0.356 e. The van der Waals surface area contributed by atoms with Crippen molar-refractivity contribution in [2.75, 3.05) is 5.32 Å². The van der Waals surface area contributed by atoms with Gasteiger partial charge in [-0.15, -0.1) is 10.2 Å². The van der Waals surface area contributed by atoms with E-state index in [0.717, 1.165) is 14.5 Å². The molecule has 2 heterocycles. The topological polar surface area (TPSA) is 74.5 Å². The first-order chi connectivity index (χ1) is 10.8. The fourth-order valence-corrected chi connectivity index (χ4v) is 3.40. The molecule has 0 radical (unpaired) electrons. The van der Waals surface area contributed by atoms with Gasteiger partial charge < -0.3 is 5.32 Å². The van der Waals surface area contributed by atoms with Crippen molar-refractivity contribution < 1.29 is 0 Å². The van der Waals surface area contributed by atoms with Crippen LogP contribution < -0.4 is 5.32 Å². The highest BCUT2D eigenvalue weighted by Crippen LogP contribution is 2.30. The van der Waals surface area contributed by atoms with Crippen molar-refractivity contribution in [1.82, 2.24) is 15.2 Å². The summed E-state index contributed by atoms with van der Waals surface area (Å²) in [6, 6.07) is 17.5. The first kappa shape index (κ1) is 14.5. The zero-order valence-electron chi connectivity index (χ0n) is 11.4. The van der Waals surface area contributed by atoms with Gasteiger partial charge in [0.15, 0.2) is 4.34 Å². The molecule has 5 nitrogen and oxygen atoms in total. The van der Waals surface area contributed by atoms with Crippen molar-refractivity contribution in [2.45, 2.75) is 15.9 Å². The third-order valence-corrected chi connectivity index (χ3v) is 4.59. The molecule has 7 heteroatoms. The maximum Gasteiger partial charge on any atom is 0.206 e. The highest BCUT2D eigenvalue weighted by atomic mass is 32.2. The molecule has 0 aliphatic heterocycles. The second kappa shape index (κ2) is 7.02. The zero-order chi connectivity index (χ0) is 15.2. The number of hydrogen-bond donors (Lipinski definition) is 1. The van der Waals surface area contributed by atoms with Crippen molar-refractivity contribution in [1.29, 1.82) is 5.26 Å². The molecule has 2 aromatic heterocycles. The van der Waals surface area contributed by atoms with Crippen LogP contribution in [-0.4, -0.2) is 15.2 Å². The second-order valence-electron chi connectivity index (χ2n) is 4.29. The van der Waals surface area contributed by atoms with E-state index in [4.69, 9.17) is 5.26 Å². The summed E-state index contributed by atoms with van der Waals surface area (Å²) in [5.74, 6) is 0. The van der Waals surface area contributed by atoms with Crippen molar-refractivity contribution in [3.05, 3.63) is 59.8 Å². The molecule has 0 saturated carbocycles. The number of aromatic nitrogens is 3. The van der Waals surface area contributed by atoms with Crippen LogP contribution in [0.5, 0.6) is 0 Å². The number of nitriles is 1. The molecule has 1 N–H and O–H groups in total. The average Bonchev–Trinajstić information content (AvgIpc) is 3.01. The van der Waals surface area contributed by atoms with Gasteiger partial charge in [0, 0.05) is 6.54 Å². The van der Waals surface area contributed by atoms with E-state index in [9.17, 15) is 0 Å². The maximum absolute atomic E-state index is 8.85. The zero-order valence-corrected chi connectivity index (χ0v) is 13.1. The lowest BCUT2D eigenvalue weighted by molar-refractivity contribution is 0.991. The highest BCUT2D eigenvalue weighted by molar-refractivity contribution is 8.01. The van der Waals surface area contributed by atoms with Crippen molar-refractivity contribution >= 4 is 28.2 Å². The molecule has 108 valence electrons. The minimum absolute atomic E-state index is 0.400. The van der Waals surface area contributed by atoms with E-state index >= 15 is 0 Å². The van der Waals surface area contributed by atoms with E-state index in [-0.39, 0.29) is 0 Å². The van der Waals surface area contributed by atoms with Crippen LogP contribution in [0.3, 0.4) is 0 Å². The van der Waals surface area contributed by atoms with Crippen LogP contribution in [0.1, 0.15) is 11.3 Å². The van der Waals surface area contributed by atoms with Crippen LogP contribution in [0.15, 0.2) is 57.9 Å². The summed E-state index contributed by atoms with van der Waals surface area (Å²) in [4.78, 5) is 4.21. The maximum atomic E-state index is 8.85. The molecule has 0 spiro atoms. The monoisotopic (exact) mass is 325 g/mol. The molecular formula is C15H11N5S2. The van der Waals surface area contributed by atoms with Crippen LogP contribution in [-0.2, 0) is 6.54 Å². The third-order valence-electron chi connectivity index (χ3n) is 2.72. The molecule has 0 saturated heterocycles. The summed E-state index contributed by atoms with van der Waals surface area (Å²) in [6.45, 7) is 0.711. The van der Waals surface area contributed by atoms with E-state index < -0.39 is 0 Å². The van der Waals surface area contributed by atoms with E-state index in [1.165, 1.54) is 28.7 Å². The van der Waals surface area contributed by atoms with Crippen molar-refractivity contribution in [3.63, 3.8) is 0 Å². The van der Waals surface area contributed by atoms with Gasteiger partial charge in [0.25, 0.3) is 0 Å². The Labute approximate surface area is 136 Å². The molecule has 0 fully saturated rings. The molecule has 22 heavy (non-hydrogen) atoms. The van der Waals surface area contributed by atoms with Gasteiger partial charge in [-0.2, -0.15) is 5.26 Å². The Kier molecular flexibility index (Phi) is 4.63. The number of rotatable bonds is 5. The fourth-order valence-electron chi connectivity index (χ4n) is 1.72. The largest absolute Gasteiger partial charge is 0.356 e. The minimum atomic E-state index is 0.400. The van der Waals surface area contributed by atoms with Gasteiger partial charge in [-0.3, -0.25) is 0 Å². The SMILES string of the molecule is N#Cc1cccc(Sc2nnc(NCc3ccccc3)s2)n1. The number of benzene rings is 1. The quantitative estimate of drug-likeness (QED) is 0.773. The Balaban J connectivity index is 1.62. The lowest BCUT2D eigenvalue weighted by Gasteiger charge is -2.00. The van der Waals surface area contributed by atoms with E-state index in [2.05, 4.69) is 32.6 Å². The number of hydrogen-bond acceptors (Lipinski definition) is 7. The highest BCUT2D eigenvalue weighted by Gasteiger charge is 2.07. The third kappa shape index (κ3) is 3.81. The lowest BCUT2D eigenvalue weighted by Crippen LogP contribution is -1.98. The summed E-state index contributed by atoms with van der Waals surface area (Å²) in [5.41, 5.74) is 1.59. The molecule has 0 unspecified atom stereocenters. The van der Waals surface area contributed by atoms with Gasteiger partial charge in [0.2, 0.25) is 5.13 Å². The van der Waals surface area contributed by atoms with E-state index in [1.807, 2.05) is 36.4 Å².